The molecule has 35 heavy (non-hydrogen) atoms. The summed E-state index contributed by atoms with van der Waals surface area (Å²) in [6, 6.07) is 13.9. The van der Waals surface area contributed by atoms with Crippen molar-refractivity contribution < 1.29 is 23.2 Å². The summed E-state index contributed by atoms with van der Waals surface area (Å²) in [4.78, 5) is 20.1. The number of hydrogen-bond donors (Lipinski definition) is 1. The molecule has 2 amide bonds. The second-order valence-electron chi connectivity index (χ2n) is 7.71. The van der Waals surface area contributed by atoms with Gasteiger partial charge in [-0.3, -0.25) is 4.90 Å². The number of amides is 2. The van der Waals surface area contributed by atoms with E-state index < -0.39 is 17.9 Å². The Morgan fingerprint density at radius 3 is 2.63 bits per heavy atom. The van der Waals surface area contributed by atoms with Gasteiger partial charge in [0, 0.05) is 5.70 Å². The van der Waals surface area contributed by atoms with Gasteiger partial charge in [0.2, 0.25) is 5.82 Å². The summed E-state index contributed by atoms with van der Waals surface area (Å²) in [6.07, 6.45) is 0. The lowest BCUT2D eigenvalue weighted by molar-refractivity contribution is 0.244. The number of thiophene rings is 1. The minimum atomic E-state index is -0.635. The number of benzene rings is 2. The summed E-state index contributed by atoms with van der Waals surface area (Å²) in [5, 5.41) is 9.07. The molecule has 1 N–H and O–H groups in total. The van der Waals surface area contributed by atoms with E-state index in [1.165, 1.54) is 28.4 Å². The van der Waals surface area contributed by atoms with Gasteiger partial charge < -0.3 is 19.3 Å². The van der Waals surface area contributed by atoms with Crippen LogP contribution in [0.5, 0.6) is 11.5 Å². The molecule has 8 nitrogen and oxygen atoms in total. The second kappa shape index (κ2) is 9.22. The van der Waals surface area contributed by atoms with Crippen molar-refractivity contribution in [2.75, 3.05) is 19.1 Å². The number of carbonyl (C=O) groups excluding carboxylic acids is 1. The Morgan fingerprint density at radius 1 is 1.09 bits per heavy atom. The van der Waals surface area contributed by atoms with Crippen molar-refractivity contribution in [1.82, 2.24) is 15.5 Å². The zero-order valence-electron chi connectivity index (χ0n) is 19.1. The average molecular weight is 493 g/mol. The van der Waals surface area contributed by atoms with Gasteiger partial charge in [-0.2, -0.15) is 4.98 Å². The molecule has 5 rings (SSSR count). The molecule has 3 heterocycles. The van der Waals surface area contributed by atoms with Crippen LogP contribution in [0.3, 0.4) is 0 Å². The first-order valence-corrected chi connectivity index (χ1v) is 11.5. The second-order valence-corrected chi connectivity index (χ2v) is 8.66. The number of nitrogens with one attached hydrogen (secondary N) is 1. The van der Waals surface area contributed by atoms with Crippen molar-refractivity contribution in [3.63, 3.8) is 0 Å². The van der Waals surface area contributed by atoms with Crippen LogP contribution < -0.4 is 19.7 Å². The molecule has 1 aliphatic rings. The van der Waals surface area contributed by atoms with Crippen LogP contribution in [-0.4, -0.2) is 30.4 Å². The lowest BCUT2D eigenvalue weighted by Crippen LogP contribution is -2.46. The fraction of sp³-hybridized carbons (Fsp3) is 0.160. The number of nitrogens with zero attached hydrogens (tertiary/aromatic N) is 3. The zero-order valence-corrected chi connectivity index (χ0v) is 19.9. The van der Waals surface area contributed by atoms with Gasteiger partial charge in [-0.1, -0.05) is 23.4 Å². The van der Waals surface area contributed by atoms with Gasteiger partial charge in [0.1, 0.15) is 5.82 Å². The van der Waals surface area contributed by atoms with Crippen LogP contribution in [0, 0.1) is 5.82 Å². The predicted octanol–water partition coefficient (Wildman–Crippen LogP) is 5.66. The number of allylic oxidation sites excluding steroid dienone is 1. The molecule has 2 aromatic heterocycles. The lowest BCUT2D eigenvalue weighted by Gasteiger charge is -2.35. The van der Waals surface area contributed by atoms with E-state index in [0.29, 0.717) is 34.3 Å². The maximum atomic E-state index is 14.0. The molecular formula is C25H21FN4O4S. The number of hydrogen-bond acceptors (Lipinski definition) is 7. The number of methoxy groups -OCH3 is 2. The molecule has 0 fully saturated rings. The van der Waals surface area contributed by atoms with Crippen molar-refractivity contribution in [1.29, 1.82) is 0 Å². The lowest BCUT2D eigenvalue weighted by atomic mass is 9.94. The molecule has 0 spiro atoms. The smallest absolute Gasteiger partial charge is 0.327 e. The van der Waals surface area contributed by atoms with E-state index in [0.717, 1.165) is 10.4 Å². The standard InChI is InChI=1S/C25H21FN4O4S/c1-14-21(24-28-23(29-34-24)20-8-5-11-35-20)22(15-9-10-18(32-2)19(12-15)33-3)27-25(31)30(14)17-7-4-6-16(26)13-17/h4-13,22H,1-3H3,(H,27,31). The molecule has 0 bridgehead atoms. The van der Waals surface area contributed by atoms with Gasteiger partial charge in [-0.25, -0.2) is 9.18 Å². The minimum Gasteiger partial charge on any atom is -0.493 e. The quantitative estimate of drug-likeness (QED) is 0.374. The molecule has 0 saturated carbocycles. The van der Waals surface area contributed by atoms with Crippen LogP contribution >= 0.6 is 11.3 Å². The summed E-state index contributed by atoms with van der Waals surface area (Å²) >= 11 is 1.49. The normalized spacial score (nSPS) is 15.8. The fourth-order valence-corrected chi connectivity index (χ4v) is 4.72. The van der Waals surface area contributed by atoms with Crippen LogP contribution in [0.2, 0.25) is 0 Å². The fourth-order valence-electron chi connectivity index (χ4n) is 4.07. The summed E-state index contributed by atoms with van der Waals surface area (Å²) in [5.41, 5.74) is 2.21. The van der Waals surface area contributed by atoms with Crippen LogP contribution in [0.1, 0.15) is 24.4 Å². The number of ether oxygens (including phenoxy) is 2. The number of urea groups is 1. The maximum Gasteiger partial charge on any atom is 0.327 e. The maximum absolute atomic E-state index is 14.0. The number of anilines is 1. The molecule has 4 aromatic rings. The van der Waals surface area contributed by atoms with E-state index in [9.17, 15) is 9.18 Å². The molecule has 1 atom stereocenters. The molecule has 0 saturated heterocycles. The van der Waals surface area contributed by atoms with E-state index >= 15 is 0 Å². The number of aromatic nitrogens is 2. The highest BCUT2D eigenvalue weighted by Gasteiger charge is 2.37. The van der Waals surface area contributed by atoms with Gasteiger partial charge in [-0.15, -0.1) is 11.3 Å². The molecule has 1 aliphatic heterocycles. The molecule has 2 aromatic carbocycles. The summed E-state index contributed by atoms with van der Waals surface area (Å²) in [6.45, 7) is 1.77. The first kappa shape index (κ1) is 22.6. The van der Waals surface area contributed by atoms with Crippen molar-refractivity contribution in [2.24, 2.45) is 0 Å². The van der Waals surface area contributed by atoms with Crippen LogP contribution in [0.15, 0.2) is 70.2 Å². The van der Waals surface area contributed by atoms with Crippen LogP contribution in [-0.2, 0) is 0 Å². The Hall–Kier alpha value is -4.18. The minimum absolute atomic E-state index is 0.243. The average Bonchev–Trinajstić information content (AvgIpc) is 3.56. The van der Waals surface area contributed by atoms with Crippen molar-refractivity contribution in [2.45, 2.75) is 13.0 Å². The monoisotopic (exact) mass is 492 g/mol. The van der Waals surface area contributed by atoms with Gasteiger partial charge in [-0.05, 0) is 54.3 Å². The van der Waals surface area contributed by atoms with Crippen LogP contribution in [0.4, 0.5) is 14.9 Å². The summed E-state index contributed by atoms with van der Waals surface area (Å²) in [5.74, 6) is 1.29. The molecule has 1 unspecified atom stereocenters. The summed E-state index contributed by atoms with van der Waals surface area (Å²) < 4.78 is 30.5. The number of carbonyl (C=O) groups is 1. The number of rotatable bonds is 6. The van der Waals surface area contributed by atoms with E-state index in [2.05, 4.69) is 15.5 Å². The zero-order chi connectivity index (χ0) is 24.5. The van der Waals surface area contributed by atoms with Crippen molar-refractivity contribution in [3.8, 4) is 22.2 Å². The first-order chi connectivity index (χ1) is 17.0. The Balaban J connectivity index is 1.67. The molecule has 0 aliphatic carbocycles. The highest BCUT2D eigenvalue weighted by molar-refractivity contribution is 7.13. The highest BCUT2D eigenvalue weighted by atomic mass is 32.1. The Bertz CT molecular complexity index is 1420. The Morgan fingerprint density at radius 2 is 1.91 bits per heavy atom. The number of halogens is 1. The molecule has 10 heteroatoms. The van der Waals surface area contributed by atoms with E-state index in [1.54, 1.807) is 45.4 Å². The Kier molecular flexibility index (Phi) is 5.96. The van der Waals surface area contributed by atoms with Crippen molar-refractivity contribution >= 4 is 28.6 Å². The van der Waals surface area contributed by atoms with Crippen LogP contribution in [0.25, 0.3) is 16.3 Å². The Labute approximate surface area is 204 Å². The summed E-state index contributed by atoms with van der Waals surface area (Å²) in [7, 11) is 3.09. The third kappa shape index (κ3) is 4.12. The molecule has 0 radical (unpaired) electrons. The largest absolute Gasteiger partial charge is 0.493 e. The third-order valence-electron chi connectivity index (χ3n) is 5.69. The third-order valence-corrected chi connectivity index (χ3v) is 6.56. The van der Waals surface area contributed by atoms with Gasteiger partial charge in [0.25, 0.3) is 5.89 Å². The van der Waals surface area contributed by atoms with Gasteiger partial charge in [0.15, 0.2) is 11.5 Å². The van der Waals surface area contributed by atoms with Crippen molar-refractivity contribution in [3.05, 3.63) is 82.9 Å². The highest BCUT2D eigenvalue weighted by Crippen LogP contribution is 2.41. The van der Waals surface area contributed by atoms with Gasteiger partial charge in [0.05, 0.1) is 36.4 Å². The molecular weight excluding hydrogens is 471 g/mol. The topological polar surface area (TPSA) is 89.7 Å². The van der Waals surface area contributed by atoms with E-state index in [4.69, 9.17) is 14.0 Å². The van der Waals surface area contributed by atoms with E-state index in [1.807, 2.05) is 23.6 Å². The van der Waals surface area contributed by atoms with Gasteiger partial charge >= 0.3 is 6.03 Å². The van der Waals surface area contributed by atoms with E-state index in [-0.39, 0.29) is 5.89 Å². The SMILES string of the molecule is COc1ccc(C2NC(=O)N(c3cccc(F)c3)C(C)=C2c2nc(-c3cccs3)no2)cc1OC. The molecule has 178 valence electrons. The predicted molar refractivity (Wildman–Crippen MR) is 130 cm³/mol. The first-order valence-electron chi connectivity index (χ1n) is 10.7.